The van der Waals surface area contributed by atoms with Crippen molar-refractivity contribution in [3.8, 4) is 0 Å². The van der Waals surface area contributed by atoms with Crippen LogP contribution >= 0.6 is 0 Å². The molecule has 1 aliphatic rings. The first-order valence-electron chi connectivity index (χ1n) is 7.10. The monoisotopic (exact) mass is 300 g/mol. The van der Waals surface area contributed by atoms with E-state index in [0.29, 0.717) is 12.0 Å². The van der Waals surface area contributed by atoms with E-state index >= 15 is 0 Å². The lowest BCUT2D eigenvalue weighted by Crippen LogP contribution is -2.38. The summed E-state index contributed by atoms with van der Waals surface area (Å²) in [4.78, 5) is 13.1. The third-order valence-corrected chi connectivity index (χ3v) is 3.56. The van der Waals surface area contributed by atoms with Gasteiger partial charge in [-0.1, -0.05) is 50.1 Å². The molecule has 1 aliphatic heterocycles. The Balaban J connectivity index is 2.21. The van der Waals surface area contributed by atoms with Gasteiger partial charge in [-0.25, -0.2) is 0 Å². The van der Waals surface area contributed by atoms with E-state index < -0.39 is 30.8 Å². The quantitative estimate of drug-likeness (QED) is 0.905. The molecule has 2 rings (SSSR count). The molecule has 0 saturated carbocycles. The Kier molecular flexibility index (Phi) is 4.88. The molecule has 0 bridgehead atoms. The van der Waals surface area contributed by atoms with Crippen molar-refractivity contribution in [1.29, 1.82) is 0 Å². The van der Waals surface area contributed by atoms with Crippen LogP contribution in [-0.2, 0) is 4.79 Å². The zero-order chi connectivity index (χ0) is 15.5. The molecule has 1 heterocycles. The predicted molar refractivity (Wildman–Crippen MR) is 73.4 cm³/mol. The van der Waals surface area contributed by atoms with Gasteiger partial charge in [0.1, 0.15) is 12.7 Å². The molecule has 21 heavy (non-hydrogen) atoms. The normalized spacial score (nSPS) is 22.9. The first kappa shape index (κ1) is 15.8. The molecule has 0 spiro atoms. The number of hydrogen-bond acceptors (Lipinski definition) is 2. The summed E-state index contributed by atoms with van der Waals surface area (Å²) in [5.74, 6) is -0.463. The number of rotatable bonds is 5. The van der Waals surface area contributed by atoms with Gasteiger partial charge in [0.25, 0.3) is 0 Å². The summed E-state index contributed by atoms with van der Waals surface area (Å²) < 4.78 is 38.2. The van der Waals surface area contributed by atoms with Gasteiger partial charge in [0, 0.05) is 0 Å². The highest BCUT2D eigenvalue weighted by Crippen LogP contribution is 2.30. The maximum absolute atomic E-state index is 12.7. The molecule has 0 aliphatic carbocycles. The first-order valence-corrected chi connectivity index (χ1v) is 7.10. The Morgan fingerprint density at radius 3 is 2.48 bits per heavy atom. The van der Waals surface area contributed by atoms with E-state index in [4.69, 9.17) is 0 Å². The van der Waals surface area contributed by atoms with Gasteiger partial charge >= 0.3 is 6.18 Å². The van der Waals surface area contributed by atoms with Crippen molar-refractivity contribution >= 4 is 5.91 Å². The minimum atomic E-state index is -4.40. The third-order valence-electron chi connectivity index (χ3n) is 3.56. The van der Waals surface area contributed by atoms with Crippen molar-refractivity contribution in [2.45, 2.75) is 44.6 Å². The second-order valence-electron chi connectivity index (χ2n) is 5.26. The van der Waals surface area contributed by atoms with E-state index in [2.05, 4.69) is 5.32 Å². The minimum Gasteiger partial charge on any atom is -0.312 e. The van der Waals surface area contributed by atoms with E-state index in [1.165, 1.54) is 0 Å². The molecule has 0 aromatic heterocycles. The number of benzene rings is 1. The molecular formula is C15H19F3N2O. The van der Waals surface area contributed by atoms with Crippen molar-refractivity contribution in [1.82, 2.24) is 10.2 Å². The number of alkyl halides is 3. The van der Waals surface area contributed by atoms with Gasteiger partial charge < -0.3 is 4.90 Å². The highest BCUT2D eigenvalue weighted by molar-refractivity contribution is 5.84. The van der Waals surface area contributed by atoms with Crippen LogP contribution in [0.4, 0.5) is 13.2 Å². The van der Waals surface area contributed by atoms with E-state index in [9.17, 15) is 18.0 Å². The predicted octanol–water partition coefficient (Wildman–Crippen LogP) is 3.24. The van der Waals surface area contributed by atoms with Gasteiger partial charge in [-0.2, -0.15) is 13.2 Å². The molecule has 0 radical (unpaired) electrons. The van der Waals surface area contributed by atoms with Crippen LogP contribution in [0, 0.1) is 0 Å². The highest BCUT2D eigenvalue weighted by atomic mass is 19.4. The average molecular weight is 300 g/mol. The molecule has 1 fully saturated rings. The Bertz CT molecular complexity index is 476. The molecule has 2 atom stereocenters. The molecule has 1 aromatic rings. The Morgan fingerprint density at radius 2 is 1.90 bits per heavy atom. The summed E-state index contributed by atoms with van der Waals surface area (Å²) in [5.41, 5.74) is 0.675. The maximum Gasteiger partial charge on any atom is 0.406 e. The largest absolute Gasteiger partial charge is 0.406 e. The molecule has 3 nitrogen and oxygen atoms in total. The maximum atomic E-state index is 12.7. The number of nitrogens with zero attached hydrogens (tertiary/aromatic N) is 1. The van der Waals surface area contributed by atoms with Gasteiger partial charge in [-0.3, -0.25) is 10.1 Å². The summed E-state index contributed by atoms with van der Waals surface area (Å²) in [6.07, 6.45) is -2.83. The zero-order valence-corrected chi connectivity index (χ0v) is 11.9. The Labute approximate surface area is 122 Å². The second-order valence-corrected chi connectivity index (χ2v) is 5.26. The SMILES string of the molecule is CCCCC1NC(c2ccccc2)N(CC(F)(F)F)C1=O. The third kappa shape index (κ3) is 3.97. The van der Waals surface area contributed by atoms with Crippen LogP contribution in [0.2, 0.25) is 0 Å². The van der Waals surface area contributed by atoms with Crippen molar-refractivity contribution in [3.05, 3.63) is 35.9 Å². The average Bonchev–Trinajstić information content (AvgIpc) is 2.73. The summed E-state index contributed by atoms with van der Waals surface area (Å²) in [6, 6.07) is 8.24. The van der Waals surface area contributed by atoms with Crippen LogP contribution in [0.1, 0.15) is 37.9 Å². The number of hydrogen-bond donors (Lipinski definition) is 1. The fourth-order valence-electron chi connectivity index (χ4n) is 2.57. The number of halogens is 3. The smallest absolute Gasteiger partial charge is 0.312 e. The molecular weight excluding hydrogens is 281 g/mol. The number of nitrogens with one attached hydrogen (secondary N) is 1. The first-order chi connectivity index (χ1) is 9.92. The van der Waals surface area contributed by atoms with Crippen molar-refractivity contribution in [3.63, 3.8) is 0 Å². The lowest BCUT2D eigenvalue weighted by atomic mass is 10.1. The summed E-state index contributed by atoms with van der Waals surface area (Å²) in [6.45, 7) is 0.766. The second kappa shape index (κ2) is 6.47. The lowest BCUT2D eigenvalue weighted by molar-refractivity contribution is -0.161. The van der Waals surface area contributed by atoms with Crippen molar-refractivity contribution in [2.75, 3.05) is 6.54 Å². The van der Waals surface area contributed by atoms with Gasteiger partial charge in [-0.05, 0) is 12.0 Å². The molecule has 1 amide bonds. The van der Waals surface area contributed by atoms with Crippen LogP contribution in [-0.4, -0.2) is 29.6 Å². The van der Waals surface area contributed by atoms with Gasteiger partial charge in [0.15, 0.2) is 0 Å². The van der Waals surface area contributed by atoms with Crippen molar-refractivity contribution in [2.24, 2.45) is 0 Å². The topological polar surface area (TPSA) is 32.3 Å². The Hall–Kier alpha value is -1.56. The van der Waals surface area contributed by atoms with E-state index in [1.807, 2.05) is 6.92 Å². The molecule has 116 valence electrons. The highest BCUT2D eigenvalue weighted by Gasteiger charge is 2.44. The lowest BCUT2D eigenvalue weighted by Gasteiger charge is -2.25. The van der Waals surface area contributed by atoms with Crippen LogP contribution in [0.15, 0.2) is 30.3 Å². The fourth-order valence-corrected chi connectivity index (χ4v) is 2.57. The Morgan fingerprint density at radius 1 is 1.24 bits per heavy atom. The number of carbonyl (C=O) groups is 1. The number of carbonyl (C=O) groups excluding carboxylic acids is 1. The minimum absolute atomic E-state index is 0.463. The number of amides is 1. The summed E-state index contributed by atoms with van der Waals surface area (Å²) in [7, 11) is 0. The molecule has 6 heteroatoms. The molecule has 1 aromatic carbocycles. The van der Waals surface area contributed by atoms with Gasteiger partial charge in [0.05, 0.1) is 6.04 Å². The summed E-state index contributed by atoms with van der Waals surface area (Å²) >= 11 is 0. The van der Waals surface area contributed by atoms with E-state index in [0.717, 1.165) is 17.7 Å². The number of unbranched alkanes of at least 4 members (excludes halogenated alkanes) is 1. The summed E-state index contributed by atoms with van der Waals surface area (Å²) in [5, 5.41) is 3.04. The van der Waals surface area contributed by atoms with E-state index in [-0.39, 0.29) is 0 Å². The van der Waals surface area contributed by atoms with Crippen LogP contribution in [0.3, 0.4) is 0 Å². The van der Waals surface area contributed by atoms with Crippen molar-refractivity contribution < 1.29 is 18.0 Å². The van der Waals surface area contributed by atoms with Gasteiger partial charge in [0.2, 0.25) is 5.91 Å². The van der Waals surface area contributed by atoms with Gasteiger partial charge in [-0.15, -0.1) is 0 Å². The fraction of sp³-hybridized carbons (Fsp3) is 0.533. The zero-order valence-electron chi connectivity index (χ0n) is 11.9. The molecule has 1 N–H and O–H groups in total. The van der Waals surface area contributed by atoms with Crippen LogP contribution < -0.4 is 5.32 Å². The van der Waals surface area contributed by atoms with E-state index in [1.54, 1.807) is 30.3 Å². The van der Waals surface area contributed by atoms with Crippen LogP contribution in [0.25, 0.3) is 0 Å². The van der Waals surface area contributed by atoms with Crippen LogP contribution in [0.5, 0.6) is 0 Å². The molecule has 1 saturated heterocycles. The standard InChI is InChI=1S/C15H19F3N2O/c1-2-3-9-12-14(21)20(10-15(16,17)18)13(19-12)11-7-5-4-6-8-11/h4-8,12-13,19H,2-3,9-10H2,1H3. The molecule has 2 unspecified atom stereocenters.